The van der Waals surface area contributed by atoms with Crippen molar-refractivity contribution in [2.75, 3.05) is 34.0 Å². The SMILES string of the molecule is COC(=O)CCCCCC[C@@H]1C(C=O)[C@H](OC2CCCCO2)C[C@@H]1OC(C)=O.COC(=O)CCCCCC[C@@H]1[C@@H](CO)[C@H](OC2CCCCO2)C[C@@H]1OC(C)=O. The fourth-order valence-corrected chi connectivity index (χ4v) is 8.67. The van der Waals surface area contributed by atoms with Gasteiger partial charge in [0.1, 0.15) is 18.5 Å². The van der Waals surface area contributed by atoms with E-state index in [0.29, 0.717) is 38.9 Å². The number of rotatable bonds is 22. The van der Waals surface area contributed by atoms with Gasteiger partial charge in [0.05, 0.1) is 26.4 Å². The molecule has 56 heavy (non-hydrogen) atoms. The van der Waals surface area contributed by atoms with Crippen molar-refractivity contribution in [3.05, 3.63) is 0 Å². The van der Waals surface area contributed by atoms with Gasteiger partial charge in [0.25, 0.3) is 0 Å². The van der Waals surface area contributed by atoms with Crippen LogP contribution in [0, 0.1) is 23.7 Å². The van der Waals surface area contributed by atoms with E-state index in [1.165, 1.54) is 28.1 Å². The third-order valence-corrected chi connectivity index (χ3v) is 11.6. The Bertz CT molecular complexity index is 1150. The minimum atomic E-state index is -0.327. The van der Waals surface area contributed by atoms with Crippen molar-refractivity contribution in [3.8, 4) is 0 Å². The molecule has 0 amide bonds. The molecule has 4 fully saturated rings. The number of hydrogen-bond acceptors (Lipinski definition) is 14. The zero-order valence-electron chi connectivity index (χ0n) is 34.4. The summed E-state index contributed by atoms with van der Waals surface area (Å²) in [5, 5.41) is 10.0. The van der Waals surface area contributed by atoms with Crippen LogP contribution in [0.3, 0.4) is 0 Å². The van der Waals surface area contributed by atoms with Gasteiger partial charge in [0.2, 0.25) is 0 Å². The highest BCUT2D eigenvalue weighted by molar-refractivity contribution is 5.69. The molecule has 4 aliphatic rings. The summed E-state index contributed by atoms with van der Waals surface area (Å²) in [6.45, 7) is 4.24. The first-order chi connectivity index (χ1) is 27.1. The molecule has 2 saturated heterocycles. The van der Waals surface area contributed by atoms with Crippen LogP contribution in [0.5, 0.6) is 0 Å². The van der Waals surface area contributed by atoms with Gasteiger partial charge in [-0.15, -0.1) is 0 Å². The molecule has 0 bridgehead atoms. The Balaban J connectivity index is 0.000000300. The lowest BCUT2D eigenvalue weighted by molar-refractivity contribution is -0.198. The Morgan fingerprint density at radius 1 is 0.607 bits per heavy atom. The number of carbonyl (C=O) groups excluding carboxylic acids is 5. The summed E-state index contributed by atoms with van der Waals surface area (Å²) in [6, 6.07) is 0. The van der Waals surface area contributed by atoms with Gasteiger partial charge in [-0.25, -0.2) is 0 Å². The lowest BCUT2D eigenvalue weighted by Crippen LogP contribution is -2.33. The summed E-state index contributed by atoms with van der Waals surface area (Å²) >= 11 is 0. The number of hydrogen-bond donors (Lipinski definition) is 1. The van der Waals surface area contributed by atoms with E-state index in [9.17, 15) is 29.1 Å². The molecule has 2 saturated carbocycles. The molecule has 0 aromatic heterocycles. The molecule has 0 spiro atoms. The van der Waals surface area contributed by atoms with E-state index in [4.69, 9.17) is 28.4 Å². The largest absolute Gasteiger partial charge is 0.469 e. The highest BCUT2D eigenvalue weighted by Gasteiger charge is 2.47. The van der Waals surface area contributed by atoms with Gasteiger partial charge in [-0.1, -0.05) is 38.5 Å². The van der Waals surface area contributed by atoms with Gasteiger partial charge >= 0.3 is 23.9 Å². The number of aldehydes is 1. The predicted molar refractivity (Wildman–Crippen MR) is 204 cm³/mol. The molecule has 4 rings (SSSR count). The average molecular weight is 799 g/mol. The smallest absolute Gasteiger partial charge is 0.305 e. The number of esters is 4. The van der Waals surface area contributed by atoms with Crippen molar-refractivity contribution < 1.29 is 67.0 Å². The summed E-state index contributed by atoms with van der Waals surface area (Å²) in [5.74, 6) is -1.26. The van der Waals surface area contributed by atoms with Crippen LogP contribution in [-0.4, -0.2) is 106 Å². The molecule has 2 aliphatic carbocycles. The van der Waals surface area contributed by atoms with Gasteiger partial charge in [0, 0.05) is 83.0 Å². The summed E-state index contributed by atoms with van der Waals surface area (Å²) < 4.78 is 44.0. The van der Waals surface area contributed by atoms with Crippen LogP contribution >= 0.6 is 0 Å². The zero-order chi connectivity index (χ0) is 40.7. The molecule has 2 aliphatic heterocycles. The number of ether oxygens (including phenoxy) is 8. The summed E-state index contributed by atoms with van der Waals surface area (Å²) in [7, 11) is 2.80. The maximum atomic E-state index is 11.8. The quantitative estimate of drug-likeness (QED) is 0.0570. The van der Waals surface area contributed by atoms with Crippen LogP contribution in [0.25, 0.3) is 0 Å². The Labute approximate surface area is 333 Å². The van der Waals surface area contributed by atoms with Crippen molar-refractivity contribution in [2.24, 2.45) is 23.7 Å². The van der Waals surface area contributed by atoms with Crippen LogP contribution in [0.1, 0.15) is 142 Å². The van der Waals surface area contributed by atoms with Crippen molar-refractivity contribution in [2.45, 2.75) is 179 Å². The molecule has 3 unspecified atom stereocenters. The molecule has 0 aromatic carbocycles. The number of unbranched alkanes of at least 4 members (excludes halogenated alkanes) is 6. The van der Waals surface area contributed by atoms with Crippen LogP contribution in [0.2, 0.25) is 0 Å². The first-order valence-electron chi connectivity index (χ1n) is 21.2. The number of aliphatic hydroxyl groups excluding tert-OH is 1. The highest BCUT2D eigenvalue weighted by Crippen LogP contribution is 2.41. The zero-order valence-corrected chi connectivity index (χ0v) is 34.4. The molecule has 14 heteroatoms. The third kappa shape index (κ3) is 17.1. The van der Waals surface area contributed by atoms with Gasteiger partial charge in [-0.3, -0.25) is 19.2 Å². The summed E-state index contributed by atoms with van der Waals surface area (Å²) in [6.07, 6.45) is 16.5. The molecule has 10 atom stereocenters. The Morgan fingerprint density at radius 3 is 1.52 bits per heavy atom. The molecule has 322 valence electrons. The predicted octanol–water partition coefficient (Wildman–Crippen LogP) is 6.15. The fraction of sp³-hybridized carbons (Fsp3) is 0.881. The normalized spacial score (nSPS) is 30.1. The minimum Gasteiger partial charge on any atom is -0.469 e. The van der Waals surface area contributed by atoms with E-state index >= 15 is 0 Å². The van der Waals surface area contributed by atoms with E-state index in [-0.39, 0.29) is 91.2 Å². The standard InChI is InChI=1S/C21H36O7.C21H34O7/c2*1-15(23)27-18-13-19(28-21-11-7-8-12-26-21)17(14-22)16(18)9-5-3-4-6-10-20(24)25-2/h16-19,21-22H,3-14H2,1-2H3;14,16-19,21H,3-13H2,1-2H3/t16-,17-,18+,19-,21?;16-,17?,18+,19-,21?/m11/s1. The van der Waals surface area contributed by atoms with E-state index in [2.05, 4.69) is 9.47 Å². The Kier molecular flexibility index (Phi) is 23.1. The average Bonchev–Trinajstić information content (AvgIpc) is 3.68. The third-order valence-electron chi connectivity index (χ3n) is 11.6. The van der Waals surface area contributed by atoms with E-state index in [0.717, 1.165) is 109 Å². The van der Waals surface area contributed by atoms with Crippen LogP contribution in [-0.2, 0) is 61.9 Å². The van der Waals surface area contributed by atoms with Gasteiger partial charge in [0.15, 0.2) is 12.6 Å². The van der Waals surface area contributed by atoms with Gasteiger partial charge < -0.3 is 47.8 Å². The molecular weight excluding hydrogens is 728 g/mol. The second kappa shape index (κ2) is 27.1. The van der Waals surface area contributed by atoms with Crippen LogP contribution in [0.15, 0.2) is 0 Å². The molecule has 0 radical (unpaired) electrons. The molecular formula is C42H70O14. The molecule has 1 N–H and O–H groups in total. The molecule has 0 aromatic rings. The number of carbonyl (C=O) groups is 5. The maximum Gasteiger partial charge on any atom is 0.305 e. The number of methoxy groups -OCH3 is 2. The first kappa shape index (κ1) is 47.7. The monoisotopic (exact) mass is 798 g/mol. The van der Waals surface area contributed by atoms with Crippen molar-refractivity contribution in [3.63, 3.8) is 0 Å². The van der Waals surface area contributed by atoms with Gasteiger partial charge in [-0.05, 0) is 64.2 Å². The second-order valence-corrected chi connectivity index (χ2v) is 15.7. The number of aliphatic hydroxyl groups is 1. The first-order valence-corrected chi connectivity index (χ1v) is 21.2. The Hall–Kier alpha value is -2.65. The van der Waals surface area contributed by atoms with Crippen LogP contribution < -0.4 is 0 Å². The van der Waals surface area contributed by atoms with Crippen LogP contribution in [0.4, 0.5) is 0 Å². The fourth-order valence-electron chi connectivity index (χ4n) is 8.67. The van der Waals surface area contributed by atoms with E-state index in [1.54, 1.807) is 0 Å². The summed E-state index contributed by atoms with van der Waals surface area (Å²) in [5.41, 5.74) is 0. The topological polar surface area (TPSA) is 179 Å². The summed E-state index contributed by atoms with van der Waals surface area (Å²) in [4.78, 5) is 57.2. The van der Waals surface area contributed by atoms with E-state index < -0.39 is 0 Å². The van der Waals surface area contributed by atoms with E-state index in [1.807, 2.05) is 0 Å². The Morgan fingerprint density at radius 2 is 1.07 bits per heavy atom. The van der Waals surface area contributed by atoms with Crippen molar-refractivity contribution >= 4 is 30.2 Å². The lowest BCUT2D eigenvalue weighted by atomic mass is 9.89. The second-order valence-electron chi connectivity index (χ2n) is 15.7. The lowest BCUT2D eigenvalue weighted by Gasteiger charge is -2.29. The maximum absolute atomic E-state index is 11.8. The molecule has 14 nitrogen and oxygen atoms in total. The minimum absolute atomic E-state index is 0.0160. The van der Waals surface area contributed by atoms with Crippen molar-refractivity contribution in [1.82, 2.24) is 0 Å². The highest BCUT2D eigenvalue weighted by atomic mass is 16.7. The van der Waals surface area contributed by atoms with Gasteiger partial charge in [-0.2, -0.15) is 0 Å². The molecule has 2 heterocycles. The van der Waals surface area contributed by atoms with Crippen molar-refractivity contribution in [1.29, 1.82) is 0 Å².